The molecule has 108 valence electrons. The third kappa shape index (κ3) is 3.57. The van der Waals surface area contributed by atoms with Gasteiger partial charge in [0.05, 0.1) is 12.2 Å². The van der Waals surface area contributed by atoms with Gasteiger partial charge in [-0.25, -0.2) is 0 Å². The van der Waals surface area contributed by atoms with Crippen LogP contribution in [-0.4, -0.2) is 35.0 Å². The van der Waals surface area contributed by atoms with Crippen molar-refractivity contribution in [1.82, 2.24) is 0 Å². The molecule has 2 N–H and O–H groups in total. The Balaban J connectivity index is 1.79. The van der Waals surface area contributed by atoms with E-state index < -0.39 is 5.97 Å². The number of fused-ring (bicyclic) bond motifs is 2. The molecule has 4 atom stereocenters. The molecule has 2 aliphatic heterocycles. The van der Waals surface area contributed by atoms with Crippen molar-refractivity contribution in [1.29, 1.82) is 0 Å². The molecular formula is C15H24O4. The molecule has 4 unspecified atom stereocenters. The maximum Gasteiger partial charge on any atom is 0.303 e. The fraction of sp³-hybridized carbons (Fsp3) is 0.800. The Bertz CT molecular complexity index is 350. The lowest BCUT2D eigenvalue weighted by Gasteiger charge is -2.25. The summed E-state index contributed by atoms with van der Waals surface area (Å²) in [5, 5.41) is 18.1. The highest BCUT2D eigenvalue weighted by Gasteiger charge is 2.47. The average molecular weight is 268 g/mol. The van der Waals surface area contributed by atoms with E-state index in [1.54, 1.807) is 0 Å². The molecule has 4 heteroatoms. The van der Waals surface area contributed by atoms with Crippen LogP contribution in [0.25, 0.3) is 0 Å². The van der Waals surface area contributed by atoms with Gasteiger partial charge >= 0.3 is 5.97 Å². The van der Waals surface area contributed by atoms with E-state index in [1.165, 1.54) is 5.57 Å². The van der Waals surface area contributed by atoms with Gasteiger partial charge in [0.2, 0.25) is 0 Å². The minimum atomic E-state index is -0.727. The molecule has 2 bridgehead atoms. The van der Waals surface area contributed by atoms with Crippen LogP contribution >= 0.6 is 0 Å². The lowest BCUT2D eigenvalue weighted by Crippen LogP contribution is -2.29. The van der Waals surface area contributed by atoms with Gasteiger partial charge in [0.25, 0.3) is 0 Å². The van der Waals surface area contributed by atoms with Crippen LogP contribution in [0.5, 0.6) is 0 Å². The zero-order valence-electron chi connectivity index (χ0n) is 11.5. The third-order valence-corrected chi connectivity index (χ3v) is 4.50. The van der Waals surface area contributed by atoms with Gasteiger partial charge in [-0.05, 0) is 44.9 Å². The van der Waals surface area contributed by atoms with Crippen LogP contribution in [-0.2, 0) is 9.53 Å². The number of aliphatic carboxylic acids is 1. The zero-order chi connectivity index (χ0) is 13.8. The quantitative estimate of drug-likeness (QED) is 0.696. The summed E-state index contributed by atoms with van der Waals surface area (Å²) in [4.78, 5) is 10.5. The van der Waals surface area contributed by atoms with Crippen LogP contribution in [0.1, 0.15) is 45.4 Å². The summed E-state index contributed by atoms with van der Waals surface area (Å²) in [6, 6.07) is 0. The molecule has 0 amide bonds. The fourth-order valence-corrected chi connectivity index (χ4v) is 3.41. The highest BCUT2D eigenvalue weighted by molar-refractivity contribution is 5.66. The Kier molecular flexibility index (Phi) is 4.99. The summed E-state index contributed by atoms with van der Waals surface area (Å²) in [6.07, 6.45) is 7.75. The van der Waals surface area contributed by atoms with Crippen LogP contribution in [0, 0.1) is 11.8 Å². The number of aliphatic hydroxyl groups is 1. The standard InChI is InChI=1S/C15H24O4/c1-10(3-2-4-15(17)18)5-6-11-12(9-16)14-8-7-13(11)19-14/h5,11-14,16H,2-4,6-9H2,1H3,(H,17,18)/b10-5-. The highest BCUT2D eigenvalue weighted by atomic mass is 16.5. The second-order valence-corrected chi connectivity index (χ2v) is 5.83. The summed E-state index contributed by atoms with van der Waals surface area (Å²) in [7, 11) is 0. The number of carboxylic acid groups (broad SMARTS) is 1. The smallest absolute Gasteiger partial charge is 0.303 e. The van der Waals surface area contributed by atoms with E-state index in [1.807, 2.05) is 0 Å². The molecule has 2 fully saturated rings. The highest BCUT2D eigenvalue weighted by Crippen LogP contribution is 2.45. The molecule has 2 saturated heterocycles. The topological polar surface area (TPSA) is 66.8 Å². The molecule has 0 aromatic rings. The van der Waals surface area contributed by atoms with Crippen LogP contribution in [0.4, 0.5) is 0 Å². The van der Waals surface area contributed by atoms with Gasteiger partial charge in [-0.15, -0.1) is 0 Å². The van der Waals surface area contributed by atoms with Gasteiger partial charge in [-0.3, -0.25) is 4.79 Å². The molecule has 0 aromatic carbocycles. The molecule has 0 radical (unpaired) electrons. The first-order valence-electron chi connectivity index (χ1n) is 7.25. The van der Waals surface area contributed by atoms with Crippen molar-refractivity contribution in [3.8, 4) is 0 Å². The number of carbonyl (C=O) groups is 1. The molecule has 0 aliphatic carbocycles. The fourth-order valence-electron chi connectivity index (χ4n) is 3.41. The number of rotatable bonds is 7. The first-order chi connectivity index (χ1) is 9.11. The minimum Gasteiger partial charge on any atom is -0.481 e. The lowest BCUT2D eigenvalue weighted by molar-refractivity contribution is -0.137. The Hall–Kier alpha value is -0.870. The lowest BCUT2D eigenvalue weighted by atomic mass is 9.77. The summed E-state index contributed by atoms with van der Waals surface area (Å²) >= 11 is 0. The van der Waals surface area contributed by atoms with E-state index in [0.29, 0.717) is 24.4 Å². The van der Waals surface area contributed by atoms with Gasteiger partial charge in [-0.1, -0.05) is 11.6 Å². The van der Waals surface area contributed by atoms with Crippen LogP contribution in [0.15, 0.2) is 11.6 Å². The first-order valence-corrected chi connectivity index (χ1v) is 7.25. The molecule has 0 spiro atoms. The first kappa shape index (κ1) is 14.5. The summed E-state index contributed by atoms with van der Waals surface area (Å²) in [5.74, 6) is 0.00893. The SMILES string of the molecule is C/C(=C/CC1C2CCC(O2)C1CO)CCCC(=O)O. The summed E-state index contributed by atoms with van der Waals surface area (Å²) in [6.45, 7) is 2.28. The number of hydrogen-bond acceptors (Lipinski definition) is 3. The minimum absolute atomic E-state index is 0.220. The molecular weight excluding hydrogens is 244 g/mol. The van der Waals surface area contributed by atoms with Crippen LogP contribution < -0.4 is 0 Å². The van der Waals surface area contributed by atoms with E-state index in [4.69, 9.17) is 9.84 Å². The third-order valence-electron chi connectivity index (χ3n) is 4.50. The van der Waals surface area contributed by atoms with Crippen LogP contribution in [0.3, 0.4) is 0 Å². The van der Waals surface area contributed by atoms with Gasteiger partial charge in [-0.2, -0.15) is 0 Å². The van der Waals surface area contributed by atoms with Crippen LogP contribution in [0.2, 0.25) is 0 Å². The second-order valence-electron chi connectivity index (χ2n) is 5.83. The van der Waals surface area contributed by atoms with Gasteiger partial charge in [0, 0.05) is 18.9 Å². The normalized spacial score (nSPS) is 33.9. The summed E-state index contributed by atoms with van der Waals surface area (Å²) in [5.41, 5.74) is 1.25. The van der Waals surface area contributed by atoms with Crippen molar-refractivity contribution in [2.75, 3.05) is 6.61 Å². The summed E-state index contributed by atoms with van der Waals surface area (Å²) < 4.78 is 5.87. The monoisotopic (exact) mass is 268 g/mol. The molecule has 0 saturated carbocycles. The van der Waals surface area contributed by atoms with E-state index in [0.717, 1.165) is 25.7 Å². The number of ether oxygens (including phenoxy) is 1. The molecule has 0 aromatic heterocycles. The predicted molar refractivity (Wildman–Crippen MR) is 71.8 cm³/mol. The maximum absolute atomic E-state index is 10.5. The Labute approximate surface area is 114 Å². The Morgan fingerprint density at radius 3 is 2.58 bits per heavy atom. The van der Waals surface area contributed by atoms with Crippen molar-refractivity contribution in [3.63, 3.8) is 0 Å². The number of hydrogen-bond donors (Lipinski definition) is 2. The molecule has 2 aliphatic rings. The van der Waals surface area contributed by atoms with Crippen molar-refractivity contribution < 1.29 is 19.7 Å². The van der Waals surface area contributed by atoms with Crippen molar-refractivity contribution >= 4 is 5.97 Å². The second kappa shape index (κ2) is 6.53. The Morgan fingerprint density at radius 1 is 1.26 bits per heavy atom. The van der Waals surface area contributed by atoms with E-state index in [9.17, 15) is 9.90 Å². The van der Waals surface area contributed by atoms with Gasteiger partial charge in [0.1, 0.15) is 0 Å². The van der Waals surface area contributed by atoms with Gasteiger partial charge in [0.15, 0.2) is 0 Å². The molecule has 2 heterocycles. The van der Waals surface area contributed by atoms with Gasteiger partial charge < -0.3 is 14.9 Å². The largest absolute Gasteiger partial charge is 0.481 e. The molecule has 19 heavy (non-hydrogen) atoms. The van der Waals surface area contributed by atoms with E-state index in [-0.39, 0.29) is 19.1 Å². The van der Waals surface area contributed by atoms with Crippen molar-refractivity contribution in [2.45, 2.75) is 57.7 Å². The number of carboxylic acids is 1. The number of allylic oxidation sites excluding steroid dienone is 2. The average Bonchev–Trinajstić information content (AvgIpc) is 2.95. The van der Waals surface area contributed by atoms with E-state index >= 15 is 0 Å². The van der Waals surface area contributed by atoms with Crippen molar-refractivity contribution in [2.24, 2.45) is 11.8 Å². The van der Waals surface area contributed by atoms with Crippen molar-refractivity contribution in [3.05, 3.63) is 11.6 Å². The zero-order valence-corrected chi connectivity index (χ0v) is 11.5. The molecule has 4 nitrogen and oxygen atoms in total. The predicted octanol–water partition coefficient (Wildman–Crippen LogP) is 2.36. The maximum atomic E-state index is 10.5. The van der Waals surface area contributed by atoms with E-state index in [2.05, 4.69) is 13.0 Å². The molecule has 2 rings (SSSR count). The Morgan fingerprint density at radius 2 is 1.95 bits per heavy atom. The number of aliphatic hydroxyl groups excluding tert-OH is 1.